The van der Waals surface area contributed by atoms with Crippen LogP contribution in [-0.4, -0.2) is 36.8 Å². The lowest BCUT2D eigenvalue weighted by Gasteiger charge is -2.23. The predicted octanol–water partition coefficient (Wildman–Crippen LogP) is 0.641. The topological polar surface area (TPSA) is 56.0 Å². The van der Waals surface area contributed by atoms with Gasteiger partial charge in [-0.3, -0.25) is 9.69 Å². The Morgan fingerprint density at radius 1 is 1.45 bits per heavy atom. The van der Waals surface area contributed by atoms with Crippen LogP contribution in [0.3, 0.4) is 0 Å². The molecule has 3 rings (SSSR count). The van der Waals surface area contributed by atoms with Crippen molar-refractivity contribution in [1.82, 2.24) is 24.2 Å². The molecule has 1 fully saturated rings. The minimum atomic E-state index is -0.0304. The Morgan fingerprint density at radius 2 is 2.35 bits per heavy atom. The van der Waals surface area contributed by atoms with Gasteiger partial charge in [0, 0.05) is 38.1 Å². The maximum Gasteiger partial charge on any atom is 0.266 e. The molecule has 1 aliphatic heterocycles. The average molecular weight is 273 g/mol. The van der Waals surface area contributed by atoms with E-state index in [0.29, 0.717) is 12.6 Å². The summed E-state index contributed by atoms with van der Waals surface area (Å²) in [5.41, 5.74) is 1.05. The highest BCUT2D eigenvalue weighted by Crippen LogP contribution is 2.20. The Balaban J connectivity index is 1.69. The van der Waals surface area contributed by atoms with E-state index in [1.54, 1.807) is 23.0 Å². The van der Waals surface area contributed by atoms with Crippen molar-refractivity contribution >= 4 is 0 Å². The molecule has 0 amide bonds. The molecule has 0 aromatic carbocycles. The van der Waals surface area contributed by atoms with Crippen molar-refractivity contribution in [2.75, 3.05) is 6.54 Å². The second-order valence-corrected chi connectivity index (χ2v) is 5.34. The molecule has 1 aliphatic rings. The van der Waals surface area contributed by atoms with E-state index in [2.05, 4.69) is 15.0 Å². The van der Waals surface area contributed by atoms with Crippen molar-refractivity contribution in [3.63, 3.8) is 0 Å². The summed E-state index contributed by atoms with van der Waals surface area (Å²) >= 11 is 0. The van der Waals surface area contributed by atoms with E-state index in [-0.39, 0.29) is 5.56 Å². The minimum Gasteiger partial charge on any atom is -0.340 e. The average Bonchev–Trinajstić information content (AvgIpc) is 3.03. The van der Waals surface area contributed by atoms with Gasteiger partial charge in [0.1, 0.15) is 0 Å². The van der Waals surface area contributed by atoms with E-state index >= 15 is 0 Å². The Labute approximate surface area is 117 Å². The van der Waals surface area contributed by atoms with Crippen LogP contribution >= 0.6 is 0 Å². The smallest absolute Gasteiger partial charge is 0.266 e. The lowest BCUT2D eigenvalue weighted by molar-refractivity contribution is 0.214. The molecule has 2 aromatic rings. The lowest BCUT2D eigenvalue weighted by atomic mass is 10.2. The zero-order valence-electron chi connectivity index (χ0n) is 11.6. The molecule has 6 heteroatoms. The molecule has 1 unspecified atom stereocenters. The van der Waals surface area contributed by atoms with Crippen molar-refractivity contribution < 1.29 is 0 Å². The number of hydrogen-bond donors (Lipinski definition) is 0. The van der Waals surface area contributed by atoms with Gasteiger partial charge in [-0.25, -0.2) is 9.67 Å². The summed E-state index contributed by atoms with van der Waals surface area (Å²) in [6, 6.07) is 3.61. The number of aryl methyl sites for hydroxylation is 1. The fourth-order valence-corrected chi connectivity index (χ4v) is 2.79. The van der Waals surface area contributed by atoms with Crippen LogP contribution in [0, 0.1) is 0 Å². The van der Waals surface area contributed by atoms with Gasteiger partial charge in [0.15, 0.2) is 0 Å². The molecule has 0 bridgehead atoms. The Kier molecular flexibility index (Phi) is 3.64. The number of imidazole rings is 1. The van der Waals surface area contributed by atoms with Gasteiger partial charge in [0.05, 0.1) is 18.6 Å². The largest absolute Gasteiger partial charge is 0.340 e. The maximum atomic E-state index is 11.7. The number of rotatable bonds is 4. The lowest BCUT2D eigenvalue weighted by Crippen LogP contribution is -2.36. The standard InChI is InChI=1S/C14H19N5O/c1-17-8-12(15-11-17)9-18-7-3-4-13(18)10-19-14(20)5-2-6-16-19/h2,5-6,8,11,13H,3-4,7,9-10H2,1H3. The number of hydrogen-bond acceptors (Lipinski definition) is 4. The first-order valence-electron chi connectivity index (χ1n) is 6.95. The zero-order valence-corrected chi connectivity index (χ0v) is 11.6. The van der Waals surface area contributed by atoms with Crippen LogP contribution in [0.4, 0.5) is 0 Å². The van der Waals surface area contributed by atoms with Gasteiger partial charge in [-0.1, -0.05) is 0 Å². The van der Waals surface area contributed by atoms with E-state index in [1.807, 2.05) is 24.1 Å². The van der Waals surface area contributed by atoms with E-state index in [9.17, 15) is 4.79 Å². The molecular formula is C14H19N5O. The van der Waals surface area contributed by atoms with Gasteiger partial charge in [-0.15, -0.1) is 0 Å². The molecule has 0 spiro atoms. The fourth-order valence-electron chi connectivity index (χ4n) is 2.79. The van der Waals surface area contributed by atoms with Crippen molar-refractivity contribution in [2.24, 2.45) is 7.05 Å². The summed E-state index contributed by atoms with van der Waals surface area (Å²) in [5.74, 6) is 0. The second kappa shape index (κ2) is 5.58. The zero-order chi connectivity index (χ0) is 13.9. The quantitative estimate of drug-likeness (QED) is 0.820. The Hall–Kier alpha value is -1.95. The predicted molar refractivity (Wildman–Crippen MR) is 75.1 cm³/mol. The summed E-state index contributed by atoms with van der Waals surface area (Å²) in [6.45, 7) is 2.56. The molecule has 0 radical (unpaired) electrons. The number of aromatic nitrogens is 4. The molecule has 1 saturated heterocycles. The van der Waals surface area contributed by atoms with Crippen LogP contribution in [0.5, 0.6) is 0 Å². The van der Waals surface area contributed by atoms with E-state index < -0.39 is 0 Å². The van der Waals surface area contributed by atoms with Crippen LogP contribution in [0.1, 0.15) is 18.5 Å². The van der Waals surface area contributed by atoms with Gasteiger partial charge >= 0.3 is 0 Å². The molecule has 6 nitrogen and oxygen atoms in total. The van der Waals surface area contributed by atoms with Crippen molar-refractivity contribution in [1.29, 1.82) is 0 Å². The summed E-state index contributed by atoms with van der Waals surface area (Å²) < 4.78 is 3.52. The van der Waals surface area contributed by atoms with Crippen LogP contribution < -0.4 is 5.56 Å². The Bertz CT molecular complexity index is 632. The Morgan fingerprint density at radius 3 is 3.10 bits per heavy atom. The van der Waals surface area contributed by atoms with Gasteiger partial charge in [0.2, 0.25) is 0 Å². The third-order valence-corrected chi connectivity index (χ3v) is 3.79. The highest BCUT2D eigenvalue weighted by atomic mass is 16.1. The third-order valence-electron chi connectivity index (χ3n) is 3.79. The maximum absolute atomic E-state index is 11.7. The van der Waals surface area contributed by atoms with E-state index in [4.69, 9.17) is 0 Å². The van der Waals surface area contributed by atoms with Crippen LogP contribution in [-0.2, 0) is 20.1 Å². The van der Waals surface area contributed by atoms with Crippen molar-refractivity contribution in [2.45, 2.75) is 32.0 Å². The molecule has 106 valence electrons. The summed E-state index contributed by atoms with van der Waals surface area (Å²) in [4.78, 5) is 18.5. The summed E-state index contributed by atoms with van der Waals surface area (Å²) in [5, 5.41) is 4.15. The van der Waals surface area contributed by atoms with Gasteiger partial charge in [-0.2, -0.15) is 5.10 Å². The van der Waals surface area contributed by atoms with E-state index in [0.717, 1.165) is 25.2 Å². The van der Waals surface area contributed by atoms with Gasteiger partial charge in [0.25, 0.3) is 5.56 Å². The SMILES string of the molecule is Cn1cnc(CN2CCCC2Cn2ncccc2=O)c1. The van der Waals surface area contributed by atoms with E-state index in [1.165, 1.54) is 6.42 Å². The van der Waals surface area contributed by atoms with Crippen molar-refractivity contribution in [3.05, 3.63) is 46.9 Å². The van der Waals surface area contributed by atoms with Crippen LogP contribution in [0.15, 0.2) is 35.6 Å². The number of nitrogens with zero attached hydrogens (tertiary/aromatic N) is 5. The van der Waals surface area contributed by atoms with Gasteiger partial charge < -0.3 is 4.57 Å². The molecule has 2 aromatic heterocycles. The highest BCUT2D eigenvalue weighted by Gasteiger charge is 2.25. The molecule has 0 N–H and O–H groups in total. The monoisotopic (exact) mass is 273 g/mol. The summed E-state index contributed by atoms with van der Waals surface area (Å²) in [7, 11) is 1.98. The summed E-state index contributed by atoms with van der Waals surface area (Å²) in [6.07, 6.45) is 7.81. The minimum absolute atomic E-state index is 0.0304. The van der Waals surface area contributed by atoms with Gasteiger partial charge in [-0.05, 0) is 25.5 Å². The first kappa shape index (κ1) is 13.1. The molecule has 3 heterocycles. The first-order chi connectivity index (χ1) is 9.72. The molecule has 1 atom stereocenters. The first-order valence-corrected chi connectivity index (χ1v) is 6.95. The highest BCUT2D eigenvalue weighted by molar-refractivity contribution is 4.98. The van der Waals surface area contributed by atoms with Crippen LogP contribution in [0.25, 0.3) is 0 Å². The molecule has 0 saturated carbocycles. The van der Waals surface area contributed by atoms with Crippen LogP contribution in [0.2, 0.25) is 0 Å². The second-order valence-electron chi connectivity index (χ2n) is 5.34. The fraction of sp³-hybridized carbons (Fsp3) is 0.500. The van der Waals surface area contributed by atoms with Crippen molar-refractivity contribution in [3.8, 4) is 0 Å². The molecular weight excluding hydrogens is 254 g/mol. The normalized spacial score (nSPS) is 19.6. The molecule has 20 heavy (non-hydrogen) atoms. The third kappa shape index (κ3) is 2.80. The number of likely N-dealkylation sites (tertiary alicyclic amines) is 1. The molecule has 0 aliphatic carbocycles.